The molecule has 2 aromatic rings. The van der Waals surface area contributed by atoms with Crippen LogP contribution >= 0.6 is 0 Å². The lowest BCUT2D eigenvalue weighted by Gasteiger charge is -2.01. The van der Waals surface area contributed by atoms with Gasteiger partial charge < -0.3 is 0 Å². The maximum absolute atomic E-state index is 2.20. The maximum atomic E-state index is 2.20. The van der Waals surface area contributed by atoms with Crippen LogP contribution < -0.4 is 0 Å². The Kier molecular flexibility index (Phi) is 11.8. The van der Waals surface area contributed by atoms with Crippen molar-refractivity contribution in [2.75, 3.05) is 0 Å². The Hall–Kier alpha value is -1.56. The Bertz CT molecular complexity index is 333. The quantitative estimate of drug-likeness (QED) is 0.591. The van der Waals surface area contributed by atoms with Crippen LogP contribution in [-0.2, 0) is 0 Å². The highest BCUT2D eigenvalue weighted by molar-refractivity contribution is 5.17. The fourth-order valence-electron chi connectivity index (χ4n) is 1.22. The number of rotatable bonds is 2. The summed E-state index contributed by atoms with van der Waals surface area (Å²) in [5.74, 6) is 0.659. The van der Waals surface area contributed by atoms with Gasteiger partial charge in [-0.15, -0.1) is 0 Å². The van der Waals surface area contributed by atoms with E-state index < -0.39 is 0 Å². The molecule has 0 amide bonds. The van der Waals surface area contributed by atoms with Gasteiger partial charge in [-0.2, -0.15) is 0 Å². The van der Waals surface area contributed by atoms with Crippen molar-refractivity contribution in [2.24, 2.45) is 0 Å². The van der Waals surface area contributed by atoms with Gasteiger partial charge in [0.2, 0.25) is 0 Å². The van der Waals surface area contributed by atoms with Crippen molar-refractivity contribution in [1.82, 2.24) is 0 Å². The van der Waals surface area contributed by atoms with Gasteiger partial charge in [-0.1, -0.05) is 107 Å². The van der Waals surface area contributed by atoms with Crippen LogP contribution in [0.2, 0.25) is 0 Å². The van der Waals surface area contributed by atoms with Crippen molar-refractivity contribution in [3.63, 3.8) is 0 Å². The first kappa shape index (κ1) is 17.4. The van der Waals surface area contributed by atoms with Crippen molar-refractivity contribution >= 4 is 0 Å². The van der Waals surface area contributed by atoms with Gasteiger partial charge in [0.25, 0.3) is 0 Å². The first-order valence-electron chi connectivity index (χ1n) is 7.27. The minimum atomic E-state index is 0.659. The molecule has 0 N–H and O–H groups in total. The fraction of sp³-hybridized carbons (Fsp3) is 0.368. The zero-order valence-corrected chi connectivity index (χ0v) is 12.8. The molecule has 0 unspecified atom stereocenters. The predicted octanol–water partition coefficient (Wildman–Crippen LogP) is 6.30. The van der Waals surface area contributed by atoms with Crippen molar-refractivity contribution in [1.29, 1.82) is 0 Å². The summed E-state index contributed by atoms with van der Waals surface area (Å²) in [6, 6.07) is 22.5. The van der Waals surface area contributed by atoms with Gasteiger partial charge in [0.05, 0.1) is 0 Å². The van der Waals surface area contributed by atoms with Gasteiger partial charge in [-0.3, -0.25) is 0 Å². The zero-order chi connectivity index (χ0) is 14.3. The van der Waals surface area contributed by atoms with E-state index in [1.54, 1.807) is 0 Å². The highest BCUT2D eigenvalue weighted by atomic mass is 14.0. The first-order chi connectivity index (χ1) is 9.22. The van der Waals surface area contributed by atoms with Gasteiger partial charge in [-0.05, 0) is 11.5 Å². The fourth-order valence-corrected chi connectivity index (χ4v) is 1.22. The van der Waals surface area contributed by atoms with E-state index in [0.29, 0.717) is 5.92 Å². The molecule has 19 heavy (non-hydrogen) atoms. The second-order valence-electron chi connectivity index (χ2n) is 4.72. The smallest absolute Gasteiger partial charge is 0.0219 e. The molecule has 0 aromatic heterocycles. The normalized spacial score (nSPS) is 8.89. The molecular weight excluding hydrogens is 228 g/mol. The highest BCUT2D eigenvalue weighted by Gasteiger charge is 1.93. The van der Waals surface area contributed by atoms with Crippen LogP contribution in [0.3, 0.4) is 0 Å². The lowest BCUT2D eigenvalue weighted by molar-refractivity contribution is 0.867. The van der Waals surface area contributed by atoms with Crippen LogP contribution in [0.4, 0.5) is 0 Å². The lowest BCUT2D eigenvalue weighted by atomic mass is 10.0. The molecule has 0 heteroatoms. The van der Waals surface area contributed by atoms with Crippen LogP contribution in [0.1, 0.15) is 52.0 Å². The molecule has 0 saturated carbocycles. The Morgan fingerprint density at radius 3 is 1.16 bits per heavy atom. The van der Waals surface area contributed by atoms with Gasteiger partial charge in [0.15, 0.2) is 0 Å². The van der Waals surface area contributed by atoms with E-state index in [4.69, 9.17) is 0 Å². The van der Waals surface area contributed by atoms with Gasteiger partial charge in [-0.25, -0.2) is 0 Å². The van der Waals surface area contributed by atoms with E-state index in [9.17, 15) is 0 Å². The van der Waals surface area contributed by atoms with Crippen LogP contribution in [0.25, 0.3) is 0 Å². The first-order valence-corrected chi connectivity index (χ1v) is 7.27. The summed E-state index contributed by atoms with van der Waals surface area (Å²) in [6.07, 6.45) is 2.64. The average Bonchev–Trinajstić information content (AvgIpc) is 2.51. The topological polar surface area (TPSA) is 0 Å². The van der Waals surface area contributed by atoms with Crippen molar-refractivity contribution < 1.29 is 0 Å². The SMILES string of the molecule is CC(C)c1ccccc1.CCCC.c1ccccc1. The zero-order valence-electron chi connectivity index (χ0n) is 12.8. The predicted molar refractivity (Wildman–Crippen MR) is 87.6 cm³/mol. The summed E-state index contributed by atoms with van der Waals surface area (Å²) in [6.45, 7) is 8.77. The number of hydrogen-bond acceptors (Lipinski definition) is 0. The third kappa shape index (κ3) is 11.3. The molecule has 0 nitrogen and oxygen atoms in total. The lowest BCUT2D eigenvalue weighted by Crippen LogP contribution is -1.83. The second-order valence-corrected chi connectivity index (χ2v) is 4.72. The Labute approximate surface area is 119 Å². The molecule has 0 aliphatic carbocycles. The summed E-state index contributed by atoms with van der Waals surface area (Å²) < 4.78 is 0. The Morgan fingerprint density at radius 2 is 0.947 bits per heavy atom. The van der Waals surface area contributed by atoms with Crippen LogP contribution in [0.15, 0.2) is 66.7 Å². The highest BCUT2D eigenvalue weighted by Crippen LogP contribution is 2.11. The van der Waals surface area contributed by atoms with Gasteiger partial charge in [0, 0.05) is 0 Å². The molecule has 0 spiro atoms. The molecule has 104 valence electrons. The number of benzene rings is 2. The largest absolute Gasteiger partial charge is 0.0654 e. The number of hydrogen-bond donors (Lipinski definition) is 0. The Morgan fingerprint density at radius 1 is 0.632 bits per heavy atom. The summed E-state index contributed by atoms with van der Waals surface area (Å²) in [4.78, 5) is 0. The van der Waals surface area contributed by atoms with Crippen molar-refractivity contribution in [2.45, 2.75) is 46.5 Å². The van der Waals surface area contributed by atoms with Crippen molar-refractivity contribution in [3.8, 4) is 0 Å². The van der Waals surface area contributed by atoms with E-state index in [1.165, 1.54) is 18.4 Å². The molecule has 0 saturated heterocycles. The molecule has 0 aliphatic heterocycles. The van der Waals surface area contributed by atoms with Crippen LogP contribution in [0.5, 0.6) is 0 Å². The molecule has 0 atom stereocenters. The molecule has 0 bridgehead atoms. The van der Waals surface area contributed by atoms with E-state index >= 15 is 0 Å². The minimum absolute atomic E-state index is 0.659. The maximum Gasteiger partial charge on any atom is -0.0219 e. The van der Waals surface area contributed by atoms with Crippen molar-refractivity contribution in [3.05, 3.63) is 72.3 Å². The summed E-state index contributed by atoms with van der Waals surface area (Å²) in [5.41, 5.74) is 1.41. The molecule has 2 rings (SSSR count). The summed E-state index contributed by atoms with van der Waals surface area (Å²) in [7, 11) is 0. The van der Waals surface area contributed by atoms with E-state index in [-0.39, 0.29) is 0 Å². The standard InChI is InChI=1S/C9H12.C6H6.C4H10/c1-8(2)9-6-4-3-5-7-9;1-2-4-6-5-3-1;1-3-4-2/h3-8H,1-2H3;1-6H;3-4H2,1-2H3. The van der Waals surface area contributed by atoms with E-state index in [0.717, 1.165) is 0 Å². The average molecular weight is 256 g/mol. The van der Waals surface area contributed by atoms with Crippen LogP contribution in [0, 0.1) is 0 Å². The van der Waals surface area contributed by atoms with E-state index in [1.807, 2.05) is 42.5 Å². The van der Waals surface area contributed by atoms with Crippen LogP contribution in [-0.4, -0.2) is 0 Å². The monoisotopic (exact) mass is 256 g/mol. The molecular formula is C19H28. The third-order valence-corrected chi connectivity index (χ3v) is 2.63. The van der Waals surface area contributed by atoms with Gasteiger partial charge >= 0.3 is 0 Å². The molecule has 0 heterocycles. The molecule has 2 aromatic carbocycles. The molecule has 0 radical (unpaired) electrons. The Balaban J connectivity index is 0.000000281. The third-order valence-electron chi connectivity index (χ3n) is 2.63. The summed E-state index contributed by atoms with van der Waals surface area (Å²) in [5, 5.41) is 0. The van der Waals surface area contributed by atoms with Gasteiger partial charge in [0.1, 0.15) is 0 Å². The molecule has 0 aliphatic rings. The number of unbranched alkanes of at least 4 members (excludes halogenated alkanes) is 1. The summed E-state index contributed by atoms with van der Waals surface area (Å²) >= 11 is 0. The minimum Gasteiger partial charge on any atom is -0.0654 e. The van der Waals surface area contributed by atoms with E-state index in [2.05, 4.69) is 52.0 Å². The molecule has 0 fully saturated rings. The second kappa shape index (κ2) is 12.9.